The number of fused-ring (bicyclic) bond motifs is 1. The normalized spacial score (nSPS) is 15.1. The van der Waals surface area contributed by atoms with Crippen molar-refractivity contribution in [1.82, 2.24) is 4.98 Å². The molecule has 4 aromatic rings. The molecule has 0 atom stereocenters. The third-order valence-corrected chi connectivity index (χ3v) is 7.79. The Balaban J connectivity index is 1.45. The molecule has 170 valence electrons. The molecule has 2 aromatic heterocycles. The van der Waals surface area contributed by atoms with Crippen LogP contribution in [-0.2, 0) is 9.36 Å². The van der Waals surface area contributed by atoms with Crippen molar-refractivity contribution in [2.45, 2.75) is 32.1 Å². The van der Waals surface area contributed by atoms with Crippen molar-refractivity contribution >= 4 is 45.7 Å². The summed E-state index contributed by atoms with van der Waals surface area (Å²) in [5.74, 6) is 0.497. The van der Waals surface area contributed by atoms with E-state index < -0.39 is 7.60 Å². The van der Waals surface area contributed by atoms with Crippen LogP contribution in [0.3, 0.4) is 0 Å². The molecule has 1 saturated carbocycles. The highest BCUT2D eigenvalue weighted by molar-refractivity contribution is 7.59. The van der Waals surface area contributed by atoms with Crippen LogP contribution in [0.25, 0.3) is 32.7 Å². The first-order valence-corrected chi connectivity index (χ1v) is 13.3. The lowest BCUT2D eigenvalue weighted by Crippen LogP contribution is -2.24. The number of rotatable bonds is 5. The summed E-state index contributed by atoms with van der Waals surface area (Å²) in [6.07, 6.45) is 5.27. The summed E-state index contributed by atoms with van der Waals surface area (Å²) in [7, 11) is -4.45. The number of nitrogens with zero attached hydrogens (tertiary/aromatic N) is 1. The van der Waals surface area contributed by atoms with Crippen molar-refractivity contribution in [2.75, 3.05) is 5.32 Å². The monoisotopic (exact) mass is 482 g/mol. The maximum atomic E-state index is 12.7. The van der Waals surface area contributed by atoms with Gasteiger partial charge < -0.3 is 19.5 Å². The van der Waals surface area contributed by atoms with Gasteiger partial charge in [-0.25, -0.2) is 4.98 Å². The summed E-state index contributed by atoms with van der Waals surface area (Å²) in [6, 6.07) is 16.3. The van der Waals surface area contributed by atoms with E-state index in [-0.39, 0.29) is 17.3 Å². The van der Waals surface area contributed by atoms with Gasteiger partial charge in [0.1, 0.15) is 5.76 Å². The summed E-state index contributed by atoms with van der Waals surface area (Å²) in [5.41, 5.74) is 3.04. The fourth-order valence-electron chi connectivity index (χ4n) is 4.28. The first-order valence-electron chi connectivity index (χ1n) is 10.9. The third kappa shape index (κ3) is 4.66. The highest BCUT2D eigenvalue weighted by Gasteiger charge is 2.23. The van der Waals surface area contributed by atoms with Crippen LogP contribution in [0.5, 0.6) is 0 Å². The standard InChI is InChI=1S/C24H23N2O5PS/c27-23(15-6-2-1-3-7-15)26-24-25-19-11-5-10-18(22(19)33-24)16-8-4-9-17(14-16)20-12-13-21(31-20)32(28,29)30/h4-5,8-15H,1-3,6-7H2,(H,25,26,27)(H2,28,29,30). The molecular weight excluding hydrogens is 459 g/mol. The molecule has 5 rings (SSSR count). The van der Waals surface area contributed by atoms with E-state index in [1.54, 1.807) is 6.07 Å². The van der Waals surface area contributed by atoms with Gasteiger partial charge in [0.05, 0.1) is 10.2 Å². The molecule has 0 unspecified atom stereocenters. The zero-order valence-electron chi connectivity index (χ0n) is 17.7. The Kier molecular flexibility index (Phi) is 5.93. The van der Waals surface area contributed by atoms with E-state index in [0.29, 0.717) is 16.5 Å². The van der Waals surface area contributed by atoms with Gasteiger partial charge in [-0.15, -0.1) is 0 Å². The third-order valence-electron chi connectivity index (χ3n) is 5.96. The zero-order chi connectivity index (χ0) is 23.0. The van der Waals surface area contributed by atoms with Crippen molar-refractivity contribution in [3.63, 3.8) is 0 Å². The van der Waals surface area contributed by atoms with Crippen molar-refractivity contribution in [1.29, 1.82) is 0 Å². The average molecular weight is 482 g/mol. The molecule has 33 heavy (non-hydrogen) atoms. The summed E-state index contributed by atoms with van der Waals surface area (Å²) in [6.45, 7) is 0. The number of carbonyl (C=O) groups excluding carboxylic acids is 1. The van der Waals surface area contributed by atoms with E-state index in [1.807, 2.05) is 42.5 Å². The minimum Gasteiger partial charge on any atom is -0.448 e. The van der Waals surface area contributed by atoms with Gasteiger partial charge in [0.25, 0.3) is 0 Å². The van der Waals surface area contributed by atoms with Crippen LogP contribution in [0.2, 0.25) is 0 Å². The van der Waals surface area contributed by atoms with E-state index in [1.165, 1.54) is 23.8 Å². The van der Waals surface area contributed by atoms with Gasteiger partial charge in [0, 0.05) is 17.0 Å². The SMILES string of the molecule is O=C(Nc1nc2cccc(-c3cccc(-c4ccc(P(=O)(O)O)o4)c3)c2s1)C1CCCCC1. The van der Waals surface area contributed by atoms with Gasteiger partial charge in [-0.2, -0.15) is 0 Å². The number of carbonyl (C=O) groups is 1. The van der Waals surface area contributed by atoms with Crippen LogP contribution in [0.4, 0.5) is 5.13 Å². The zero-order valence-corrected chi connectivity index (χ0v) is 19.4. The number of hydrogen-bond acceptors (Lipinski definition) is 5. The molecule has 1 aliphatic rings. The fourth-order valence-corrected chi connectivity index (χ4v) is 5.77. The quantitative estimate of drug-likeness (QED) is 0.322. The molecule has 9 heteroatoms. The number of aromatic nitrogens is 1. The largest absolute Gasteiger partial charge is 0.448 e. The van der Waals surface area contributed by atoms with Gasteiger partial charge in [-0.3, -0.25) is 9.36 Å². The topological polar surface area (TPSA) is 113 Å². The van der Waals surface area contributed by atoms with Crippen molar-refractivity contribution in [2.24, 2.45) is 5.92 Å². The van der Waals surface area contributed by atoms with Crippen molar-refractivity contribution in [3.05, 3.63) is 54.6 Å². The molecule has 2 heterocycles. The summed E-state index contributed by atoms with van der Waals surface area (Å²) in [5, 5.41) is 3.61. The minimum atomic E-state index is -4.45. The predicted octanol–water partition coefficient (Wildman–Crippen LogP) is 5.55. The van der Waals surface area contributed by atoms with Gasteiger partial charge in [0.15, 0.2) is 5.13 Å². The van der Waals surface area contributed by atoms with Crippen molar-refractivity contribution < 1.29 is 23.6 Å². The van der Waals surface area contributed by atoms with Crippen LogP contribution in [0, 0.1) is 5.92 Å². The lowest BCUT2D eigenvalue weighted by molar-refractivity contribution is -0.120. The summed E-state index contributed by atoms with van der Waals surface area (Å²) in [4.78, 5) is 35.9. The molecule has 0 bridgehead atoms. The highest BCUT2D eigenvalue weighted by atomic mass is 32.1. The van der Waals surface area contributed by atoms with Crippen LogP contribution in [0.1, 0.15) is 32.1 Å². The van der Waals surface area contributed by atoms with E-state index in [4.69, 9.17) is 4.42 Å². The van der Waals surface area contributed by atoms with Crippen LogP contribution >= 0.6 is 18.9 Å². The molecule has 0 radical (unpaired) electrons. The number of furan rings is 1. The van der Waals surface area contributed by atoms with Crippen LogP contribution in [0.15, 0.2) is 59.0 Å². The highest BCUT2D eigenvalue weighted by Crippen LogP contribution is 2.38. The molecule has 0 aliphatic heterocycles. The number of benzene rings is 2. The molecule has 2 aromatic carbocycles. The number of thiazole rings is 1. The molecule has 1 fully saturated rings. The lowest BCUT2D eigenvalue weighted by Gasteiger charge is -2.19. The van der Waals surface area contributed by atoms with E-state index in [2.05, 4.69) is 10.3 Å². The predicted molar refractivity (Wildman–Crippen MR) is 130 cm³/mol. The van der Waals surface area contributed by atoms with Gasteiger partial charge in [-0.05, 0) is 42.7 Å². The van der Waals surface area contributed by atoms with Crippen LogP contribution < -0.4 is 10.8 Å². The van der Waals surface area contributed by atoms with Gasteiger partial charge in [-0.1, -0.05) is 60.9 Å². The second kappa shape index (κ2) is 8.88. The first kappa shape index (κ1) is 22.0. The first-order chi connectivity index (χ1) is 15.9. The smallest absolute Gasteiger partial charge is 0.391 e. The van der Waals surface area contributed by atoms with Crippen LogP contribution in [-0.4, -0.2) is 20.7 Å². The number of anilines is 1. The Morgan fingerprint density at radius 3 is 2.55 bits per heavy atom. The van der Waals surface area contributed by atoms with E-state index in [9.17, 15) is 19.1 Å². The maximum Gasteiger partial charge on any atom is 0.391 e. The molecule has 1 aliphatic carbocycles. The Labute approximate surface area is 194 Å². The minimum absolute atomic E-state index is 0.0518. The second-order valence-corrected chi connectivity index (χ2v) is 10.8. The lowest BCUT2D eigenvalue weighted by atomic mass is 9.89. The Bertz CT molecular complexity index is 1370. The molecule has 1 amide bonds. The maximum absolute atomic E-state index is 12.7. The number of amides is 1. The van der Waals surface area contributed by atoms with Gasteiger partial charge in [0.2, 0.25) is 11.4 Å². The molecule has 3 N–H and O–H groups in total. The molecule has 0 spiro atoms. The Morgan fingerprint density at radius 1 is 1.03 bits per heavy atom. The summed E-state index contributed by atoms with van der Waals surface area (Å²) >= 11 is 1.45. The Morgan fingerprint density at radius 2 is 1.79 bits per heavy atom. The van der Waals surface area contributed by atoms with E-state index in [0.717, 1.165) is 47.0 Å². The van der Waals surface area contributed by atoms with Gasteiger partial charge >= 0.3 is 7.60 Å². The fraction of sp³-hybridized carbons (Fsp3) is 0.250. The molecule has 7 nitrogen and oxygen atoms in total. The second-order valence-electron chi connectivity index (χ2n) is 8.26. The summed E-state index contributed by atoms with van der Waals surface area (Å²) < 4.78 is 17.8. The average Bonchev–Trinajstić information content (AvgIpc) is 3.47. The number of hydrogen-bond donors (Lipinski definition) is 3. The van der Waals surface area contributed by atoms with E-state index >= 15 is 0 Å². The van der Waals surface area contributed by atoms with Crippen molar-refractivity contribution in [3.8, 4) is 22.5 Å². The molecular formula is C24H23N2O5PS. The molecule has 0 saturated heterocycles. The number of nitrogens with one attached hydrogen (secondary N) is 1. The Hall–Kier alpha value is -2.77.